The van der Waals surface area contributed by atoms with Crippen LogP contribution in [0.5, 0.6) is 0 Å². The van der Waals surface area contributed by atoms with E-state index >= 15 is 0 Å². The van der Waals surface area contributed by atoms with Crippen LogP contribution >= 0.6 is 0 Å². The Morgan fingerprint density at radius 1 is 1.27 bits per heavy atom. The van der Waals surface area contributed by atoms with Crippen LogP contribution in [0.3, 0.4) is 0 Å². The molecule has 0 saturated carbocycles. The zero-order chi connectivity index (χ0) is 18.3. The van der Waals surface area contributed by atoms with Gasteiger partial charge in [0, 0.05) is 30.6 Å². The minimum Gasteiger partial charge on any atom is -0.435 e. The number of amides is 1. The van der Waals surface area contributed by atoms with Crippen LogP contribution in [0.1, 0.15) is 29.3 Å². The van der Waals surface area contributed by atoms with Crippen molar-refractivity contribution in [2.75, 3.05) is 6.54 Å². The van der Waals surface area contributed by atoms with E-state index in [1.165, 1.54) is 6.92 Å². The first kappa shape index (κ1) is 16.3. The van der Waals surface area contributed by atoms with Crippen LogP contribution in [0.25, 0.3) is 22.0 Å². The van der Waals surface area contributed by atoms with Crippen molar-refractivity contribution >= 4 is 22.8 Å². The third-order valence-electron chi connectivity index (χ3n) is 4.47. The second kappa shape index (κ2) is 6.27. The number of pyridine rings is 1. The van der Waals surface area contributed by atoms with Gasteiger partial charge in [0.25, 0.3) is 0 Å². The second-order valence-corrected chi connectivity index (χ2v) is 6.21. The molecule has 26 heavy (non-hydrogen) atoms. The first-order valence-electron chi connectivity index (χ1n) is 8.32. The van der Waals surface area contributed by atoms with Crippen molar-refractivity contribution in [1.82, 2.24) is 14.9 Å². The molecule has 0 bridgehead atoms. The van der Waals surface area contributed by atoms with E-state index in [2.05, 4.69) is 10.3 Å². The van der Waals surface area contributed by atoms with E-state index in [1.807, 2.05) is 41.0 Å². The summed E-state index contributed by atoms with van der Waals surface area (Å²) in [7, 11) is 0. The van der Waals surface area contributed by atoms with Gasteiger partial charge in [-0.15, -0.1) is 0 Å². The molecule has 3 N–H and O–H groups in total. The maximum Gasteiger partial charge on any atom is 0.357 e. The number of ether oxygens (including phenoxy) is 1. The molecule has 1 amide bonds. The Balaban J connectivity index is 1.77. The highest BCUT2D eigenvalue weighted by Gasteiger charge is 2.32. The number of aromatic nitrogens is 2. The van der Waals surface area contributed by atoms with E-state index in [0.29, 0.717) is 12.2 Å². The number of hydrogen-bond donors (Lipinski definition) is 2. The van der Waals surface area contributed by atoms with Gasteiger partial charge in [-0.2, -0.15) is 0 Å². The van der Waals surface area contributed by atoms with Gasteiger partial charge >= 0.3 is 5.97 Å². The highest BCUT2D eigenvalue weighted by Crippen LogP contribution is 2.33. The van der Waals surface area contributed by atoms with E-state index in [0.717, 1.165) is 27.7 Å². The SMILES string of the molecule is CC(=O)NCC1OC(=O)c2cc3ccc(-c4ccc(CN)nc4)cc3n21. The highest BCUT2D eigenvalue weighted by atomic mass is 16.6. The second-order valence-electron chi connectivity index (χ2n) is 6.21. The zero-order valence-electron chi connectivity index (χ0n) is 14.2. The van der Waals surface area contributed by atoms with Crippen molar-refractivity contribution in [1.29, 1.82) is 0 Å². The van der Waals surface area contributed by atoms with Gasteiger partial charge in [0.15, 0.2) is 6.23 Å². The fourth-order valence-electron chi connectivity index (χ4n) is 3.18. The molecule has 7 nitrogen and oxygen atoms in total. The standard InChI is InChI=1S/C19H18N4O3/c1-11(24)21-10-18-23-16-6-12(14-4-5-15(8-20)22-9-14)2-3-13(16)7-17(23)19(25)26-18/h2-7,9,18H,8,10,20H2,1H3,(H,21,24). The molecular formula is C19H18N4O3. The first-order chi connectivity index (χ1) is 12.6. The maximum atomic E-state index is 12.1. The number of nitrogens with zero attached hydrogens (tertiary/aromatic N) is 2. The van der Waals surface area contributed by atoms with Crippen molar-refractivity contribution in [3.05, 3.63) is 54.0 Å². The van der Waals surface area contributed by atoms with Gasteiger partial charge in [-0.3, -0.25) is 14.3 Å². The Morgan fingerprint density at radius 3 is 2.77 bits per heavy atom. The summed E-state index contributed by atoms with van der Waals surface area (Å²) in [4.78, 5) is 27.7. The zero-order valence-corrected chi connectivity index (χ0v) is 14.2. The largest absolute Gasteiger partial charge is 0.435 e. The normalized spacial score (nSPS) is 15.8. The molecular weight excluding hydrogens is 332 g/mol. The van der Waals surface area contributed by atoms with Gasteiger partial charge in [-0.25, -0.2) is 4.79 Å². The summed E-state index contributed by atoms with van der Waals surface area (Å²) >= 11 is 0. The van der Waals surface area contributed by atoms with E-state index in [9.17, 15) is 9.59 Å². The molecule has 0 spiro atoms. The number of esters is 1. The maximum absolute atomic E-state index is 12.1. The third kappa shape index (κ3) is 2.72. The molecule has 3 aromatic rings. The minimum atomic E-state index is -0.549. The quantitative estimate of drug-likeness (QED) is 0.701. The third-order valence-corrected chi connectivity index (χ3v) is 4.47. The molecule has 1 atom stereocenters. The average Bonchev–Trinajstić information content (AvgIpc) is 3.17. The van der Waals surface area contributed by atoms with Crippen molar-refractivity contribution in [3.63, 3.8) is 0 Å². The van der Waals surface area contributed by atoms with Gasteiger partial charge in [0.05, 0.1) is 17.8 Å². The predicted octanol–water partition coefficient (Wildman–Crippen LogP) is 1.97. The lowest BCUT2D eigenvalue weighted by molar-refractivity contribution is -0.119. The molecule has 3 heterocycles. The topological polar surface area (TPSA) is 99.2 Å². The van der Waals surface area contributed by atoms with Crippen molar-refractivity contribution in [3.8, 4) is 11.1 Å². The minimum absolute atomic E-state index is 0.169. The summed E-state index contributed by atoms with van der Waals surface area (Å²) in [6, 6.07) is 11.6. The fourth-order valence-corrected chi connectivity index (χ4v) is 3.18. The Labute approximate surface area is 149 Å². The smallest absolute Gasteiger partial charge is 0.357 e. The van der Waals surface area contributed by atoms with E-state index in [4.69, 9.17) is 10.5 Å². The molecule has 0 aliphatic carbocycles. The summed E-state index contributed by atoms with van der Waals surface area (Å²) < 4.78 is 7.22. The van der Waals surface area contributed by atoms with Gasteiger partial charge in [-0.1, -0.05) is 18.2 Å². The van der Waals surface area contributed by atoms with Crippen LogP contribution in [0, 0.1) is 0 Å². The molecule has 1 aromatic carbocycles. The lowest BCUT2D eigenvalue weighted by Gasteiger charge is -2.14. The number of rotatable bonds is 4. The number of fused-ring (bicyclic) bond motifs is 3. The van der Waals surface area contributed by atoms with E-state index in [1.54, 1.807) is 6.20 Å². The Kier molecular flexibility index (Phi) is 3.93. The van der Waals surface area contributed by atoms with Crippen LogP contribution in [0.2, 0.25) is 0 Å². The predicted molar refractivity (Wildman–Crippen MR) is 96.2 cm³/mol. The van der Waals surface area contributed by atoms with Crippen LogP contribution < -0.4 is 11.1 Å². The monoisotopic (exact) mass is 350 g/mol. The van der Waals surface area contributed by atoms with Crippen LogP contribution in [-0.4, -0.2) is 28.0 Å². The number of benzene rings is 1. The molecule has 1 aliphatic heterocycles. The van der Waals surface area contributed by atoms with Crippen LogP contribution in [0.4, 0.5) is 0 Å². The summed E-state index contributed by atoms with van der Waals surface area (Å²) in [5.74, 6) is -0.551. The number of nitrogens with one attached hydrogen (secondary N) is 1. The molecule has 0 saturated heterocycles. The lowest BCUT2D eigenvalue weighted by Crippen LogP contribution is -2.28. The Bertz CT molecular complexity index is 1010. The number of cyclic esters (lactones) is 1. The number of carbonyl (C=O) groups excluding carboxylic acids is 2. The van der Waals surface area contributed by atoms with Gasteiger partial charge < -0.3 is 15.8 Å². The summed E-state index contributed by atoms with van der Waals surface area (Å²) in [5.41, 5.74) is 9.73. The van der Waals surface area contributed by atoms with Gasteiger partial charge in [0.2, 0.25) is 5.91 Å². The molecule has 1 unspecified atom stereocenters. The van der Waals surface area contributed by atoms with Crippen LogP contribution in [0.15, 0.2) is 42.6 Å². The Hall–Kier alpha value is -3.19. The molecule has 0 fully saturated rings. The van der Waals surface area contributed by atoms with Crippen LogP contribution in [-0.2, 0) is 16.1 Å². The fraction of sp³-hybridized carbons (Fsp3) is 0.211. The number of hydrogen-bond acceptors (Lipinski definition) is 5. The highest BCUT2D eigenvalue weighted by molar-refractivity contribution is 5.98. The van der Waals surface area contributed by atoms with Gasteiger partial charge in [0.1, 0.15) is 5.69 Å². The molecule has 0 radical (unpaired) electrons. The first-order valence-corrected chi connectivity index (χ1v) is 8.32. The number of nitrogens with two attached hydrogens (primary N) is 1. The molecule has 4 rings (SSSR count). The molecule has 7 heteroatoms. The molecule has 1 aliphatic rings. The summed E-state index contributed by atoms with van der Waals surface area (Å²) in [6.07, 6.45) is 1.24. The van der Waals surface area contributed by atoms with Crippen molar-refractivity contribution in [2.45, 2.75) is 19.7 Å². The summed E-state index contributed by atoms with van der Waals surface area (Å²) in [5, 5.41) is 3.65. The van der Waals surface area contributed by atoms with Gasteiger partial charge in [-0.05, 0) is 23.8 Å². The van der Waals surface area contributed by atoms with Crippen molar-refractivity contribution < 1.29 is 14.3 Å². The van der Waals surface area contributed by atoms with E-state index in [-0.39, 0.29) is 18.4 Å². The van der Waals surface area contributed by atoms with E-state index < -0.39 is 6.23 Å². The Morgan fingerprint density at radius 2 is 2.08 bits per heavy atom. The molecule has 2 aromatic heterocycles. The lowest BCUT2D eigenvalue weighted by atomic mass is 10.1. The number of carbonyl (C=O) groups is 2. The summed E-state index contributed by atoms with van der Waals surface area (Å²) in [6.45, 7) is 2.06. The average molecular weight is 350 g/mol. The molecule has 132 valence electrons. The van der Waals surface area contributed by atoms with Crippen molar-refractivity contribution in [2.24, 2.45) is 5.73 Å².